The molecule has 1 saturated heterocycles. The molecule has 1 atom stereocenters. The smallest absolute Gasteiger partial charge is 0.263 e. The summed E-state index contributed by atoms with van der Waals surface area (Å²) in [7, 11) is 0. The average molecular weight is 365 g/mol. The van der Waals surface area contributed by atoms with Crippen molar-refractivity contribution in [1.82, 2.24) is 19.7 Å². The molecule has 1 saturated carbocycles. The number of H-pyrrole nitrogens is 1. The van der Waals surface area contributed by atoms with Crippen LogP contribution in [0.5, 0.6) is 0 Å². The highest BCUT2D eigenvalue weighted by molar-refractivity contribution is 5.88. The lowest BCUT2D eigenvalue weighted by Crippen LogP contribution is -2.47. The van der Waals surface area contributed by atoms with E-state index in [0.717, 1.165) is 18.5 Å². The second-order valence-corrected chi connectivity index (χ2v) is 7.00. The number of benzene rings is 1. The average Bonchev–Trinajstić information content (AvgIpc) is 3.47. The summed E-state index contributed by atoms with van der Waals surface area (Å²) in [5.41, 5.74) is 1.09. The minimum Gasteiger partial charge on any atom is -0.367 e. The number of ketones is 1. The van der Waals surface area contributed by atoms with Crippen molar-refractivity contribution < 1.29 is 9.53 Å². The van der Waals surface area contributed by atoms with Crippen molar-refractivity contribution in [3.8, 4) is 5.69 Å². The fourth-order valence-corrected chi connectivity index (χ4v) is 3.46. The number of fused-ring (bicyclic) bond motifs is 1. The Labute approximate surface area is 154 Å². The fourth-order valence-electron chi connectivity index (χ4n) is 3.46. The van der Waals surface area contributed by atoms with Crippen molar-refractivity contribution in [1.29, 1.82) is 0 Å². The van der Waals surface area contributed by atoms with E-state index in [-0.39, 0.29) is 17.3 Å². The number of aromatic amines is 1. The molecule has 2 fully saturated rings. The number of ether oxygens (including phenoxy) is 1. The van der Waals surface area contributed by atoms with Crippen LogP contribution >= 0.6 is 0 Å². The quantitative estimate of drug-likeness (QED) is 0.749. The largest absolute Gasteiger partial charge is 0.367 e. The van der Waals surface area contributed by atoms with Gasteiger partial charge in [0.05, 0.1) is 25.0 Å². The van der Waals surface area contributed by atoms with Crippen LogP contribution in [-0.4, -0.2) is 51.3 Å². The first-order valence-electron chi connectivity index (χ1n) is 9.14. The number of anilines is 1. The van der Waals surface area contributed by atoms with E-state index in [1.165, 1.54) is 6.20 Å². The number of nitrogens with zero attached hydrogens (tertiary/aromatic N) is 4. The van der Waals surface area contributed by atoms with Gasteiger partial charge in [-0.15, -0.1) is 0 Å². The lowest BCUT2D eigenvalue weighted by atomic mass is 10.1. The Morgan fingerprint density at radius 3 is 2.81 bits per heavy atom. The second kappa shape index (κ2) is 6.31. The predicted octanol–water partition coefficient (Wildman–Crippen LogP) is 1.29. The number of rotatable bonds is 4. The van der Waals surface area contributed by atoms with E-state index in [9.17, 15) is 9.59 Å². The highest BCUT2D eigenvalue weighted by atomic mass is 16.5. The molecule has 1 aliphatic carbocycles. The zero-order chi connectivity index (χ0) is 18.4. The van der Waals surface area contributed by atoms with E-state index >= 15 is 0 Å². The summed E-state index contributed by atoms with van der Waals surface area (Å²) in [4.78, 5) is 34.3. The number of nitrogens with one attached hydrogen (secondary N) is 1. The Bertz CT molecular complexity index is 1050. The van der Waals surface area contributed by atoms with Gasteiger partial charge in [-0.05, 0) is 25.0 Å². The molecular formula is C19H19N5O3. The molecule has 0 spiro atoms. The summed E-state index contributed by atoms with van der Waals surface area (Å²) in [5, 5.41) is 4.76. The number of morpholine rings is 1. The molecule has 0 amide bonds. The predicted molar refractivity (Wildman–Crippen MR) is 99.2 cm³/mol. The first-order chi connectivity index (χ1) is 13.2. The van der Waals surface area contributed by atoms with Gasteiger partial charge in [0.1, 0.15) is 11.5 Å². The molecule has 0 radical (unpaired) electrons. The Morgan fingerprint density at radius 2 is 2.04 bits per heavy atom. The summed E-state index contributed by atoms with van der Waals surface area (Å²) in [5.74, 6) is 0.753. The highest BCUT2D eigenvalue weighted by Crippen LogP contribution is 2.32. The van der Waals surface area contributed by atoms with Gasteiger partial charge in [-0.3, -0.25) is 14.6 Å². The molecule has 2 aliphatic rings. The third-order valence-electron chi connectivity index (χ3n) is 5.09. The Morgan fingerprint density at radius 1 is 1.22 bits per heavy atom. The molecule has 2 aromatic heterocycles. The zero-order valence-corrected chi connectivity index (χ0v) is 14.7. The highest BCUT2D eigenvalue weighted by Gasteiger charge is 2.38. The van der Waals surface area contributed by atoms with Gasteiger partial charge in [-0.1, -0.05) is 18.2 Å². The van der Waals surface area contributed by atoms with Crippen molar-refractivity contribution in [2.45, 2.75) is 18.9 Å². The molecule has 3 aromatic rings. The van der Waals surface area contributed by atoms with Crippen LogP contribution in [0, 0.1) is 5.92 Å². The van der Waals surface area contributed by atoms with Crippen molar-refractivity contribution >= 4 is 22.8 Å². The molecule has 1 N–H and O–H groups in total. The Balaban J connectivity index is 1.51. The minimum absolute atomic E-state index is 0.143. The molecule has 138 valence electrons. The minimum atomic E-state index is -0.453. The van der Waals surface area contributed by atoms with Gasteiger partial charge in [0.25, 0.3) is 5.56 Å². The fraction of sp³-hybridized carbons (Fsp3) is 0.368. The lowest BCUT2D eigenvalue weighted by molar-refractivity contribution is -0.132. The van der Waals surface area contributed by atoms with Gasteiger partial charge in [0.15, 0.2) is 11.4 Å². The number of aromatic nitrogens is 4. The Hall–Kier alpha value is -3.00. The summed E-state index contributed by atoms with van der Waals surface area (Å²) >= 11 is 0. The van der Waals surface area contributed by atoms with Crippen LogP contribution in [0.3, 0.4) is 0 Å². The van der Waals surface area contributed by atoms with E-state index in [0.29, 0.717) is 36.7 Å². The van der Waals surface area contributed by atoms with Crippen LogP contribution in [-0.2, 0) is 9.53 Å². The number of hydrogen-bond acceptors (Lipinski definition) is 6. The maximum Gasteiger partial charge on any atom is 0.263 e. The third kappa shape index (κ3) is 2.91. The molecular weight excluding hydrogens is 346 g/mol. The molecule has 5 rings (SSSR count). The van der Waals surface area contributed by atoms with Crippen molar-refractivity contribution in [2.24, 2.45) is 5.92 Å². The van der Waals surface area contributed by atoms with Gasteiger partial charge in [-0.2, -0.15) is 10.1 Å². The first kappa shape index (κ1) is 16.2. The molecule has 8 nitrogen and oxygen atoms in total. The molecule has 27 heavy (non-hydrogen) atoms. The van der Waals surface area contributed by atoms with E-state index in [2.05, 4.69) is 15.1 Å². The van der Waals surface area contributed by atoms with E-state index in [1.54, 1.807) is 4.68 Å². The molecule has 0 bridgehead atoms. The SMILES string of the molecule is O=C(C1CC1)[C@@H]1CN(c2nc3c(cnn3-c3ccccc3)c(=O)[nH]2)CCO1. The van der Waals surface area contributed by atoms with E-state index < -0.39 is 6.10 Å². The molecule has 0 unspecified atom stereocenters. The van der Waals surface area contributed by atoms with Gasteiger partial charge in [0, 0.05) is 12.5 Å². The molecule has 8 heteroatoms. The summed E-state index contributed by atoms with van der Waals surface area (Å²) in [6.07, 6.45) is 2.98. The summed E-state index contributed by atoms with van der Waals surface area (Å²) in [6.45, 7) is 1.41. The van der Waals surface area contributed by atoms with E-state index in [1.807, 2.05) is 35.2 Å². The number of carbonyl (C=O) groups is 1. The topological polar surface area (TPSA) is 93.1 Å². The second-order valence-electron chi connectivity index (χ2n) is 7.00. The van der Waals surface area contributed by atoms with Crippen LogP contribution < -0.4 is 10.5 Å². The van der Waals surface area contributed by atoms with E-state index in [4.69, 9.17) is 4.74 Å². The molecule has 3 heterocycles. The third-order valence-corrected chi connectivity index (χ3v) is 5.09. The van der Waals surface area contributed by atoms with Crippen LogP contribution in [0.25, 0.3) is 16.7 Å². The standard InChI is InChI=1S/C19H19N5O3/c25-16(12-6-7-12)15-11-23(8-9-27-15)19-21-17-14(18(26)22-19)10-20-24(17)13-4-2-1-3-5-13/h1-5,10,12,15H,6-9,11H2,(H,21,22,26)/t15-/m0/s1. The lowest BCUT2D eigenvalue weighted by Gasteiger charge is -2.32. The van der Waals surface area contributed by atoms with Gasteiger partial charge < -0.3 is 9.64 Å². The zero-order valence-electron chi connectivity index (χ0n) is 14.7. The number of para-hydroxylation sites is 1. The monoisotopic (exact) mass is 365 g/mol. The summed E-state index contributed by atoms with van der Waals surface area (Å²) < 4.78 is 7.31. The van der Waals surface area contributed by atoms with Gasteiger partial charge in [0.2, 0.25) is 5.95 Å². The number of Topliss-reactive ketones (excluding diaryl/α,β-unsaturated/α-hetero) is 1. The number of carbonyl (C=O) groups excluding carboxylic acids is 1. The maximum absolute atomic E-state index is 12.5. The number of hydrogen-bond donors (Lipinski definition) is 1. The van der Waals surface area contributed by atoms with Crippen LogP contribution in [0.15, 0.2) is 41.3 Å². The van der Waals surface area contributed by atoms with Crippen LogP contribution in [0.4, 0.5) is 5.95 Å². The van der Waals surface area contributed by atoms with Crippen LogP contribution in [0.1, 0.15) is 12.8 Å². The van der Waals surface area contributed by atoms with Gasteiger partial charge >= 0.3 is 0 Å². The maximum atomic E-state index is 12.5. The Kier molecular flexibility index (Phi) is 3.78. The van der Waals surface area contributed by atoms with Crippen molar-refractivity contribution in [3.05, 3.63) is 46.9 Å². The normalized spacial score (nSPS) is 20.1. The van der Waals surface area contributed by atoms with Crippen LogP contribution in [0.2, 0.25) is 0 Å². The van der Waals surface area contributed by atoms with Crippen molar-refractivity contribution in [3.63, 3.8) is 0 Å². The van der Waals surface area contributed by atoms with Gasteiger partial charge in [-0.25, -0.2) is 4.68 Å². The molecule has 1 aromatic carbocycles. The first-order valence-corrected chi connectivity index (χ1v) is 9.14. The summed E-state index contributed by atoms with van der Waals surface area (Å²) in [6, 6.07) is 9.56. The molecule has 1 aliphatic heterocycles. The van der Waals surface area contributed by atoms with Crippen molar-refractivity contribution in [2.75, 3.05) is 24.6 Å².